The first kappa shape index (κ1) is 14.4. The van der Waals surface area contributed by atoms with Crippen molar-refractivity contribution in [3.63, 3.8) is 0 Å². The first-order chi connectivity index (χ1) is 7.93. The van der Waals surface area contributed by atoms with Gasteiger partial charge >= 0.3 is 6.18 Å². The van der Waals surface area contributed by atoms with Gasteiger partial charge in [0, 0.05) is 17.1 Å². The largest absolute Gasteiger partial charge is 0.443 e. The summed E-state index contributed by atoms with van der Waals surface area (Å²) in [5.41, 5.74) is 0. The summed E-state index contributed by atoms with van der Waals surface area (Å²) < 4.78 is 37.4. The summed E-state index contributed by atoms with van der Waals surface area (Å²) in [7, 11) is 1.77. The predicted octanol–water partition coefficient (Wildman–Crippen LogP) is 3.86. The number of hydrogen-bond donors (Lipinski definition) is 1. The number of hydrogen-bond acceptors (Lipinski definition) is 3. The fraction of sp³-hybridized carbons (Fsp3) is 0.727. The van der Waals surface area contributed by atoms with E-state index in [1.165, 1.54) is 6.20 Å². The van der Waals surface area contributed by atoms with Gasteiger partial charge in [0.05, 0.1) is 0 Å². The zero-order chi connectivity index (χ0) is 13.1. The lowest BCUT2D eigenvalue weighted by Crippen LogP contribution is -2.23. The fourth-order valence-corrected chi connectivity index (χ4v) is 2.92. The van der Waals surface area contributed by atoms with Crippen molar-refractivity contribution < 1.29 is 13.2 Å². The van der Waals surface area contributed by atoms with Gasteiger partial charge in [-0.25, -0.2) is 4.98 Å². The molecular weight excluding hydrogens is 249 g/mol. The van der Waals surface area contributed by atoms with Crippen LogP contribution in [-0.4, -0.2) is 12.0 Å². The molecule has 0 fully saturated rings. The molecule has 6 heteroatoms. The van der Waals surface area contributed by atoms with Crippen molar-refractivity contribution in [2.75, 3.05) is 7.05 Å². The molecule has 1 aromatic rings. The van der Waals surface area contributed by atoms with Crippen molar-refractivity contribution in [2.45, 2.75) is 38.9 Å². The number of rotatable bonds is 5. The molecule has 1 heterocycles. The van der Waals surface area contributed by atoms with Gasteiger partial charge in [-0.1, -0.05) is 26.7 Å². The Kier molecular flexibility index (Phi) is 4.94. The number of alkyl halides is 3. The van der Waals surface area contributed by atoms with Gasteiger partial charge in [0.2, 0.25) is 0 Å². The van der Waals surface area contributed by atoms with Gasteiger partial charge in [-0.2, -0.15) is 13.2 Å². The third-order valence-corrected chi connectivity index (χ3v) is 4.03. The molecule has 0 aliphatic heterocycles. The molecule has 0 spiro atoms. The van der Waals surface area contributed by atoms with E-state index in [9.17, 15) is 13.2 Å². The molecule has 0 aliphatic rings. The van der Waals surface area contributed by atoms with E-state index in [0.29, 0.717) is 10.8 Å². The van der Waals surface area contributed by atoms with E-state index in [1.54, 1.807) is 7.05 Å². The van der Waals surface area contributed by atoms with Crippen LogP contribution < -0.4 is 5.32 Å². The van der Waals surface area contributed by atoms with Crippen molar-refractivity contribution in [1.29, 1.82) is 0 Å². The first-order valence-corrected chi connectivity index (χ1v) is 6.45. The topological polar surface area (TPSA) is 24.9 Å². The second-order valence-corrected chi connectivity index (χ2v) is 4.97. The summed E-state index contributed by atoms with van der Waals surface area (Å²) in [6.45, 7) is 4.09. The molecule has 1 aromatic heterocycles. The normalized spacial score (nSPS) is 14.3. The average Bonchev–Trinajstić information content (AvgIpc) is 2.74. The maximum atomic E-state index is 12.5. The molecule has 2 nitrogen and oxygen atoms in total. The number of nitrogens with zero attached hydrogens (tertiary/aromatic N) is 1. The van der Waals surface area contributed by atoms with Crippen LogP contribution in [0.15, 0.2) is 6.20 Å². The van der Waals surface area contributed by atoms with Crippen molar-refractivity contribution in [3.8, 4) is 0 Å². The summed E-state index contributed by atoms with van der Waals surface area (Å²) in [6, 6.07) is -0.0430. The summed E-state index contributed by atoms with van der Waals surface area (Å²) in [5, 5.41) is 2.32. The monoisotopic (exact) mass is 266 g/mol. The molecule has 0 aromatic carbocycles. The summed E-state index contributed by atoms with van der Waals surface area (Å²) >= 11 is 0.733. The summed E-state index contributed by atoms with van der Waals surface area (Å²) in [4.78, 5) is 4.12. The third kappa shape index (κ3) is 3.42. The van der Waals surface area contributed by atoms with Crippen molar-refractivity contribution in [1.82, 2.24) is 10.3 Å². The zero-order valence-electron chi connectivity index (χ0n) is 10.1. The molecule has 0 saturated carbocycles. The van der Waals surface area contributed by atoms with Crippen LogP contribution in [0.2, 0.25) is 0 Å². The average molecular weight is 266 g/mol. The molecule has 0 radical (unpaired) electrons. The summed E-state index contributed by atoms with van der Waals surface area (Å²) in [6.07, 6.45) is -1.13. The lowest BCUT2D eigenvalue weighted by molar-refractivity contribution is -0.137. The lowest BCUT2D eigenvalue weighted by Gasteiger charge is -2.23. The van der Waals surface area contributed by atoms with Crippen molar-refractivity contribution in [2.24, 2.45) is 5.92 Å². The van der Waals surface area contributed by atoms with E-state index in [0.717, 1.165) is 24.2 Å². The Labute approximate surface area is 103 Å². The molecule has 1 rings (SSSR count). The standard InChI is InChI=1S/C11H17F3N2S/c1-4-7(5-2)9(15-3)8-6-16-10(17-8)11(12,13)14/h6-7,9,15H,4-5H2,1-3H3. The number of halogens is 3. The molecule has 0 saturated heterocycles. The Morgan fingerprint density at radius 1 is 1.35 bits per heavy atom. The lowest BCUT2D eigenvalue weighted by atomic mass is 9.93. The Hall–Kier alpha value is -0.620. The molecule has 1 atom stereocenters. The third-order valence-electron chi connectivity index (χ3n) is 2.90. The van der Waals surface area contributed by atoms with Crippen LogP contribution in [-0.2, 0) is 6.18 Å². The fourth-order valence-electron chi connectivity index (χ4n) is 1.93. The quantitative estimate of drug-likeness (QED) is 0.875. The summed E-state index contributed by atoms with van der Waals surface area (Å²) in [5.74, 6) is 0.335. The van der Waals surface area contributed by atoms with Crippen molar-refractivity contribution in [3.05, 3.63) is 16.1 Å². The van der Waals surface area contributed by atoms with Crippen LogP contribution >= 0.6 is 11.3 Å². The Morgan fingerprint density at radius 2 is 1.94 bits per heavy atom. The number of aromatic nitrogens is 1. The SMILES string of the molecule is CCC(CC)C(NC)c1cnc(C(F)(F)F)s1. The molecule has 0 bridgehead atoms. The molecule has 98 valence electrons. The molecule has 1 unspecified atom stereocenters. The Balaban J connectivity index is 2.93. The van der Waals surface area contributed by atoms with E-state index in [1.807, 2.05) is 13.8 Å². The van der Waals surface area contributed by atoms with E-state index < -0.39 is 11.2 Å². The minimum Gasteiger partial charge on any atom is -0.312 e. The maximum absolute atomic E-state index is 12.5. The van der Waals surface area contributed by atoms with Gasteiger partial charge in [-0.15, -0.1) is 11.3 Å². The second-order valence-electron chi connectivity index (χ2n) is 3.91. The van der Waals surface area contributed by atoms with E-state index in [4.69, 9.17) is 0 Å². The number of nitrogens with one attached hydrogen (secondary N) is 1. The highest BCUT2D eigenvalue weighted by atomic mass is 32.1. The smallest absolute Gasteiger partial charge is 0.312 e. The van der Waals surface area contributed by atoms with Crippen LogP contribution in [0.1, 0.15) is 42.6 Å². The van der Waals surface area contributed by atoms with E-state index in [-0.39, 0.29) is 6.04 Å². The minimum absolute atomic E-state index is 0.0430. The van der Waals surface area contributed by atoms with Crippen LogP contribution in [0.25, 0.3) is 0 Å². The van der Waals surface area contributed by atoms with Gasteiger partial charge in [0.15, 0.2) is 5.01 Å². The Bertz CT molecular complexity index is 345. The van der Waals surface area contributed by atoms with Crippen LogP contribution in [0, 0.1) is 5.92 Å². The highest BCUT2D eigenvalue weighted by Crippen LogP contribution is 2.37. The Morgan fingerprint density at radius 3 is 2.29 bits per heavy atom. The highest BCUT2D eigenvalue weighted by molar-refractivity contribution is 7.11. The minimum atomic E-state index is -4.34. The van der Waals surface area contributed by atoms with Gasteiger partial charge in [-0.05, 0) is 13.0 Å². The number of thiazole rings is 1. The molecule has 0 aliphatic carbocycles. The van der Waals surface area contributed by atoms with Gasteiger partial charge in [0.25, 0.3) is 0 Å². The van der Waals surface area contributed by atoms with Crippen LogP contribution in [0.3, 0.4) is 0 Å². The van der Waals surface area contributed by atoms with Gasteiger partial charge in [0.1, 0.15) is 0 Å². The molecule has 1 N–H and O–H groups in total. The highest BCUT2D eigenvalue weighted by Gasteiger charge is 2.35. The molecule has 17 heavy (non-hydrogen) atoms. The van der Waals surface area contributed by atoms with Gasteiger partial charge in [-0.3, -0.25) is 0 Å². The first-order valence-electron chi connectivity index (χ1n) is 5.64. The van der Waals surface area contributed by atoms with Crippen LogP contribution in [0.5, 0.6) is 0 Å². The molecular formula is C11H17F3N2S. The van der Waals surface area contributed by atoms with Gasteiger partial charge < -0.3 is 5.32 Å². The zero-order valence-corrected chi connectivity index (χ0v) is 11.0. The van der Waals surface area contributed by atoms with Crippen LogP contribution in [0.4, 0.5) is 13.2 Å². The van der Waals surface area contributed by atoms with Crippen molar-refractivity contribution >= 4 is 11.3 Å². The van der Waals surface area contributed by atoms with E-state index in [2.05, 4.69) is 10.3 Å². The predicted molar refractivity (Wildman–Crippen MR) is 63.0 cm³/mol. The maximum Gasteiger partial charge on any atom is 0.443 e. The molecule has 0 amide bonds. The second kappa shape index (κ2) is 5.82. The van der Waals surface area contributed by atoms with E-state index >= 15 is 0 Å².